The van der Waals surface area contributed by atoms with E-state index < -0.39 is 5.82 Å². The van der Waals surface area contributed by atoms with Crippen molar-refractivity contribution in [3.63, 3.8) is 0 Å². The molecule has 132 valence electrons. The summed E-state index contributed by atoms with van der Waals surface area (Å²) in [7, 11) is 3.31. The standard InChI is InChI=1S/C15H24FN3O3.HI/c1-17-15(18-6-3-7-22-9-8-21-2)19-11-12-4-5-14(20)13(16)10-12;/h4-5,10,20H,3,6-9,11H2,1-2H3,(H2,17,18,19);1H. The lowest BCUT2D eigenvalue weighted by Crippen LogP contribution is -2.37. The lowest BCUT2D eigenvalue weighted by atomic mass is 10.2. The van der Waals surface area contributed by atoms with Gasteiger partial charge in [-0.25, -0.2) is 4.39 Å². The lowest BCUT2D eigenvalue weighted by Gasteiger charge is -2.12. The van der Waals surface area contributed by atoms with Gasteiger partial charge in [0.2, 0.25) is 0 Å². The van der Waals surface area contributed by atoms with Crippen molar-refractivity contribution in [3.05, 3.63) is 29.6 Å². The quantitative estimate of drug-likeness (QED) is 0.236. The van der Waals surface area contributed by atoms with Gasteiger partial charge in [0.25, 0.3) is 0 Å². The number of benzene rings is 1. The van der Waals surface area contributed by atoms with Gasteiger partial charge in [-0.15, -0.1) is 24.0 Å². The summed E-state index contributed by atoms with van der Waals surface area (Å²) in [6.45, 7) is 2.98. The van der Waals surface area contributed by atoms with E-state index in [0.717, 1.165) is 18.5 Å². The molecule has 1 aromatic carbocycles. The van der Waals surface area contributed by atoms with Gasteiger partial charge in [-0.05, 0) is 24.1 Å². The molecule has 1 aromatic rings. The van der Waals surface area contributed by atoms with Crippen molar-refractivity contribution in [2.24, 2.45) is 4.99 Å². The third-order valence-electron chi connectivity index (χ3n) is 2.89. The van der Waals surface area contributed by atoms with Crippen molar-refractivity contribution in [3.8, 4) is 5.75 Å². The van der Waals surface area contributed by atoms with Gasteiger partial charge in [0.15, 0.2) is 17.5 Å². The van der Waals surface area contributed by atoms with E-state index in [9.17, 15) is 4.39 Å². The van der Waals surface area contributed by atoms with E-state index >= 15 is 0 Å². The fourth-order valence-corrected chi connectivity index (χ4v) is 1.69. The first kappa shape index (κ1) is 21.9. The van der Waals surface area contributed by atoms with Gasteiger partial charge in [-0.3, -0.25) is 4.99 Å². The Labute approximate surface area is 153 Å². The highest BCUT2D eigenvalue weighted by molar-refractivity contribution is 14.0. The van der Waals surface area contributed by atoms with Crippen LogP contribution in [0.15, 0.2) is 23.2 Å². The van der Waals surface area contributed by atoms with Gasteiger partial charge in [0.1, 0.15) is 0 Å². The minimum Gasteiger partial charge on any atom is -0.505 e. The van der Waals surface area contributed by atoms with Crippen LogP contribution >= 0.6 is 24.0 Å². The van der Waals surface area contributed by atoms with Crippen LogP contribution in [0, 0.1) is 5.82 Å². The Kier molecular flexibility index (Phi) is 12.7. The number of nitrogens with zero attached hydrogens (tertiary/aromatic N) is 1. The van der Waals surface area contributed by atoms with Crippen molar-refractivity contribution in [2.45, 2.75) is 13.0 Å². The summed E-state index contributed by atoms with van der Waals surface area (Å²) >= 11 is 0. The summed E-state index contributed by atoms with van der Waals surface area (Å²) in [5.41, 5.74) is 0.723. The van der Waals surface area contributed by atoms with Crippen LogP contribution in [0.2, 0.25) is 0 Å². The predicted molar refractivity (Wildman–Crippen MR) is 99.0 cm³/mol. The van der Waals surface area contributed by atoms with Crippen molar-refractivity contribution in [2.75, 3.05) is 40.5 Å². The highest BCUT2D eigenvalue weighted by Crippen LogP contribution is 2.15. The molecule has 0 aromatic heterocycles. The van der Waals surface area contributed by atoms with Crippen LogP contribution in [0.3, 0.4) is 0 Å². The van der Waals surface area contributed by atoms with Gasteiger partial charge in [-0.1, -0.05) is 6.07 Å². The number of hydrogen-bond acceptors (Lipinski definition) is 4. The Morgan fingerprint density at radius 3 is 2.70 bits per heavy atom. The molecule has 0 heterocycles. The molecule has 1 rings (SSSR count). The Balaban J connectivity index is 0.00000484. The second-order valence-electron chi connectivity index (χ2n) is 4.60. The van der Waals surface area contributed by atoms with Gasteiger partial charge in [-0.2, -0.15) is 0 Å². The number of hydrogen-bond donors (Lipinski definition) is 3. The molecule has 6 nitrogen and oxygen atoms in total. The molecule has 0 spiro atoms. The Morgan fingerprint density at radius 2 is 2.04 bits per heavy atom. The van der Waals surface area contributed by atoms with Gasteiger partial charge >= 0.3 is 0 Å². The van der Waals surface area contributed by atoms with Gasteiger partial charge in [0.05, 0.1) is 13.2 Å². The van der Waals surface area contributed by atoms with Crippen LogP contribution < -0.4 is 10.6 Å². The molecule has 0 bridgehead atoms. The molecule has 0 saturated carbocycles. The van der Waals surface area contributed by atoms with Crippen molar-refractivity contribution in [1.29, 1.82) is 0 Å². The van der Waals surface area contributed by atoms with Crippen molar-refractivity contribution >= 4 is 29.9 Å². The molecule has 0 radical (unpaired) electrons. The zero-order valence-electron chi connectivity index (χ0n) is 13.5. The zero-order valence-corrected chi connectivity index (χ0v) is 15.8. The summed E-state index contributed by atoms with van der Waals surface area (Å²) in [5.74, 6) is -0.347. The third kappa shape index (κ3) is 9.57. The molecule has 0 saturated heterocycles. The number of methoxy groups -OCH3 is 1. The smallest absolute Gasteiger partial charge is 0.191 e. The number of halogens is 2. The first-order chi connectivity index (χ1) is 10.7. The molecule has 0 fully saturated rings. The fourth-order valence-electron chi connectivity index (χ4n) is 1.69. The van der Waals surface area contributed by atoms with E-state index in [-0.39, 0.29) is 29.7 Å². The Hall–Kier alpha value is -1.13. The van der Waals surface area contributed by atoms with Crippen LogP contribution in [-0.2, 0) is 16.0 Å². The molecule has 3 N–H and O–H groups in total. The minimum atomic E-state index is -0.629. The van der Waals surface area contributed by atoms with Crippen LogP contribution in [0.4, 0.5) is 4.39 Å². The maximum atomic E-state index is 13.2. The molecule has 0 aliphatic heterocycles. The highest BCUT2D eigenvalue weighted by atomic mass is 127. The number of aliphatic imine (C=N–C) groups is 1. The molecule has 0 amide bonds. The van der Waals surface area contributed by atoms with Gasteiger partial charge in [0, 0.05) is 33.9 Å². The fraction of sp³-hybridized carbons (Fsp3) is 0.533. The van der Waals surface area contributed by atoms with E-state index in [1.807, 2.05) is 0 Å². The van der Waals surface area contributed by atoms with Crippen LogP contribution in [-0.4, -0.2) is 51.6 Å². The second-order valence-corrected chi connectivity index (χ2v) is 4.60. The van der Waals surface area contributed by atoms with E-state index in [4.69, 9.17) is 14.6 Å². The first-order valence-corrected chi connectivity index (χ1v) is 7.16. The number of nitrogens with one attached hydrogen (secondary N) is 2. The van der Waals surface area contributed by atoms with E-state index in [1.165, 1.54) is 12.1 Å². The second kappa shape index (κ2) is 13.3. The van der Waals surface area contributed by atoms with E-state index in [0.29, 0.717) is 32.3 Å². The average molecular weight is 441 g/mol. The minimum absolute atomic E-state index is 0. The summed E-state index contributed by atoms with van der Waals surface area (Å²) < 4.78 is 23.4. The largest absolute Gasteiger partial charge is 0.505 e. The number of aromatic hydroxyl groups is 1. The Morgan fingerprint density at radius 1 is 1.26 bits per heavy atom. The maximum Gasteiger partial charge on any atom is 0.191 e. The SMILES string of the molecule is CN=C(NCCCOCCOC)NCc1ccc(O)c(F)c1.I. The molecule has 23 heavy (non-hydrogen) atoms. The first-order valence-electron chi connectivity index (χ1n) is 7.16. The molecule has 0 unspecified atom stereocenters. The topological polar surface area (TPSA) is 75.1 Å². The van der Waals surface area contributed by atoms with Crippen LogP contribution in [0.1, 0.15) is 12.0 Å². The molecule has 0 aliphatic carbocycles. The summed E-state index contributed by atoms with van der Waals surface area (Å²) in [5, 5.41) is 15.4. The predicted octanol–water partition coefficient (Wildman–Crippen LogP) is 1.87. The number of phenols is 1. The van der Waals surface area contributed by atoms with Crippen molar-refractivity contribution < 1.29 is 19.0 Å². The monoisotopic (exact) mass is 441 g/mol. The van der Waals surface area contributed by atoms with E-state index in [2.05, 4.69) is 15.6 Å². The number of rotatable bonds is 9. The summed E-state index contributed by atoms with van der Waals surface area (Å²) in [4.78, 5) is 4.08. The lowest BCUT2D eigenvalue weighted by molar-refractivity contribution is 0.0698. The molecular formula is C15H25FIN3O3. The average Bonchev–Trinajstić information content (AvgIpc) is 2.52. The van der Waals surface area contributed by atoms with Crippen LogP contribution in [0.5, 0.6) is 5.75 Å². The number of guanidine groups is 1. The molecular weight excluding hydrogens is 416 g/mol. The summed E-state index contributed by atoms with van der Waals surface area (Å²) in [6.07, 6.45) is 0.845. The maximum absolute atomic E-state index is 13.2. The summed E-state index contributed by atoms with van der Waals surface area (Å²) in [6, 6.07) is 4.28. The highest BCUT2D eigenvalue weighted by Gasteiger charge is 2.03. The molecule has 8 heteroatoms. The van der Waals surface area contributed by atoms with E-state index in [1.54, 1.807) is 20.2 Å². The molecule has 0 aliphatic rings. The molecule has 0 atom stereocenters. The Bertz CT molecular complexity index is 475. The van der Waals surface area contributed by atoms with Gasteiger partial charge < -0.3 is 25.2 Å². The normalized spacial score (nSPS) is 11.0. The number of phenolic OH excluding ortho intramolecular Hbond substituents is 1. The number of ether oxygens (including phenoxy) is 2. The zero-order chi connectivity index (χ0) is 16.2. The third-order valence-corrected chi connectivity index (χ3v) is 2.89. The van der Waals surface area contributed by atoms with Crippen molar-refractivity contribution in [1.82, 2.24) is 10.6 Å². The van der Waals surface area contributed by atoms with Crippen LogP contribution in [0.25, 0.3) is 0 Å².